The molecule has 0 aliphatic heterocycles. The maximum Gasteiger partial charge on any atom is 0.255 e. The van der Waals surface area contributed by atoms with E-state index in [1.807, 2.05) is 43.3 Å². The number of imidazole rings is 1. The van der Waals surface area contributed by atoms with Crippen molar-refractivity contribution >= 4 is 63.3 Å². The zero-order chi connectivity index (χ0) is 20.7. The van der Waals surface area contributed by atoms with Crippen molar-refractivity contribution in [3.8, 4) is 0 Å². The summed E-state index contributed by atoms with van der Waals surface area (Å²) in [4.78, 5) is 16.9. The number of aryl methyl sites for hydroxylation is 1. The Hall–Kier alpha value is -2.81. The molecule has 0 aliphatic rings. The Labute approximate surface area is 185 Å². The summed E-state index contributed by atoms with van der Waals surface area (Å²) < 4.78 is 1.67. The summed E-state index contributed by atoms with van der Waals surface area (Å²) in [6.07, 6.45) is 0. The van der Waals surface area contributed by atoms with Crippen LogP contribution in [-0.2, 0) is 5.75 Å². The van der Waals surface area contributed by atoms with Crippen LogP contribution in [0.15, 0.2) is 53.7 Å². The van der Waals surface area contributed by atoms with Crippen LogP contribution in [0.2, 0.25) is 10.0 Å². The fourth-order valence-electron chi connectivity index (χ4n) is 3.05. The molecule has 0 saturated heterocycles. The number of H-pyrrole nitrogens is 1. The quantitative estimate of drug-likeness (QED) is 0.333. The van der Waals surface area contributed by atoms with Crippen molar-refractivity contribution in [1.82, 2.24) is 29.5 Å². The largest absolute Gasteiger partial charge is 0.341 e. The van der Waals surface area contributed by atoms with Crippen LogP contribution in [0.3, 0.4) is 0 Å². The molecule has 0 saturated carbocycles. The Morgan fingerprint density at radius 3 is 2.77 bits per heavy atom. The maximum atomic E-state index is 6.30. The number of nitrogens with one attached hydrogen (secondary N) is 2. The first-order valence-electron chi connectivity index (χ1n) is 9.08. The summed E-state index contributed by atoms with van der Waals surface area (Å²) >= 11 is 13.8. The van der Waals surface area contributed by atoms with Gasteiger partial charge in [0, 0.05) is 16.8 Å². The predicted octanol–water partition coefficient (Wildman–Crippen LogP) is 5.65. The van der Waals surface area contributed by atoms with Crippen LogP contribution in [0.1, 0.15) is 11.5 Å². The number of aromatic amines is 1. The summed E-state index contributed by atoms with van der Waals surface area (Å²) in [5.41, 5.74) is 3.50. The molecule has 150 valence electrons. The lowest BCUT2D eigenvalue weighted by atomic mass is 10.3. The monoisotopic (exact) mass is 455 g/mol. The van der Waals surface area contributed by atoms with E-state index in [9.17, 15) is 0 Å². The van der Waals surface area contributed by atoms with E-state index >= 15 is 0 Å². The van der Waals surface area contributed by atoms with Crippen molar-refractivity contribution < 1.29 is 0 Å². The summed E-state index contributed by atoms with van der Waals surface area (Å²) in [5, 5.41) is 9.59. The van der Waals surface area contributed by atoms with E-state index in [-0.39, 0.29) is 0 Å². The lowest BCUT2D eigenvalue weighted by Gasteiger charge is -2.10. The number of anilines is 2. The summed E-state index contributed by atoms with van der Waals surface area (Å²) in [6, 6.07) is 15.1. The Bertz CT molecular complexity index is 1350. The molecule has 0 radical (unpaired) electrons. The van der Waals surface area contributed by atoms with Gasteiger partial charge in [-0.15, -0.1) is 5.10 Å². The second-order valence-electron chi connectivity index (χ2n) is 6.63. The van der Waals surface area contributed by atoms with Crippen LogP contribution in [0, 0.1) is 6.92 Å². The molecule has 0 unspecified atom stereocenters. The van der Waals surface area contributed by atoms with Gasteiger partial charge < -0.3 is 10.3 Å². The number of thioether (sulfide) groups is 1. The summed E-state index contributed by atoms with van der Waals surface area (Å²) in [5.74, 6) is 2.71. The third kappa shape index (κ3) is 3.81. The smallest absolute Gasteiger partial charge is 0.255 e. The molecule has 5 aromatic rings. The van der Waals surface area contributed by atoms with Gasteiger partial charge in [0.25, 0.3) is 5.78 Å². The average molecular weight is 456 g/mol. The van der Waals surface area contributed by atoms with Crippen LogP contribution in [0.25, 0.3) is 16.8 Å². The molecule has 7 nitrogen and oxygen atoms in total. The highest BCUT2D eigenvalue weighted by molar-refractivity contribution is 7.98. The highest BCUT2D eigenvalue weighted by Gasteiger charge is 2.13. The van der Waals surface area contributed by atoms with Crippen molar-refractivity contribution in [1.29, 1.82) is 0 Å². The van der Waals surface area contributed by atoms with E-state index in [1.165, 1.54) is 11.8 Å². The molecule has 5 rings (SSSR count). The highest BCUT2D eigenvalue weighted by atomic mass is 35.5. The molecule has 10 heteroatoms. The Morgan fingerprint density at radius 2 is 1.93 bits per heavy atom. The van der Waals surface area contributed by atoms with Crippen LogP contribution >= 0.6 is 35.0 Å². The van der Waals surface area contributed by atoms with Crippen molar-refractivity contribution in [2.45, 2.75) is 17.8 Å². The standard InChI is InChI=1S/C20H15Cl2N7S/c1-11-8-18(26-14-7-6-12(21)9-13(14)22)29-19(23-11)27-20(28-29)30-10-17-24-15-4-2-3-5-16(15)25-17/h2-9,26H,10H2,1H3,(H,24,25). The van der Waals surface area contributed by atoms with Crippen molar-refractivity contribution in [2.24, 2.45) is 0 Å². The third-order valence-corrected chi connectivity index (χ3v) is 5.79. The van der Waals surface area contributed by atoms with Gasteiger partial charge in [0.05, 0.1) is 27.5 Å². The van der Waals surface area contributed by atoms with Crippen LogP contribution in [0.4, 0.5) is 11.5 Å². The van der Waals surface area contributed by atoms with E-state index < -0.39 is 0 Å². The minimum atomic E-state index is 0.509. The number of hydrogen-bond acceptors (Lipinski definition) is 6. The molecular formula is C20H15Cl2N7S. The maximum absolute atomic E-state index is 6.30. The van der Waals surface area contributed by atoms with E-state index in [0.29, 0.717) is 32.6 Å². The Morgan fingerprint density at radius 1 is 1.07 bits per heavy atom. The SMILES string of the molecule is Cc1cc(Nc2ccc(Cl)cc2Cl)n2nc(SCc3nc4ccccc4[nH]3)nc2n1. The van der Waals surface area contributed by atoms with Crippen molar-refractivity contribution in [2.75, 3.05) is 5.32 Å². The van der Waals surface area contributed by atoms with Gasteiger partial charge >= 0.3 is 0 Å². The first kappa shape index (κ1) is 19.2. The summed E-state index contributed by atoms with van der Waals surface area (Å²) in [7, 11) is 0. The zero-order valence-corrected chi connectivity index (χ0v) is 18.1. The second-order valence-corrected chi connectivity index (χ2v) is 8.41. The van der Waals surface area contributed by atoms with Gasteiger partial charge in [-0.2, -0.15) is 9.50 Å². The first-order valence-corrected chi connectivity index (χ1v) is 10.8. The fourth-order valence-corrected chi connectivity index (χ4v) is 4.20. The van der Waals surface area contributed by atoms with E-state index in [1.54, 1.807) is 16.6 Å². The molecule has 2 aromatic carbocycles. The molecule has 3 heterocycles. The Kier molecular flexibility index (Phi) is 4.98. The molecule has 0 atom stereocenters. The number of rotatable bonds is 5. The number of benzene rings is 2. The number of halogens is 2. The number of hydrogen-bond donors (Lipinski definition) is 2. The van der Waals surface area contributed by atoms with Gasteiger partial charge in [-0.25, -0.2) is 9.97 Å². The molecule has 2 N–H and O–H groups in total. The van der Waals surface area contributed by atoms with E-state index in [2.05, 4.69) is 30.4 Å². The summed E-state index contributed by atoms with van der Waals surface area (Å²) in [6.45, 7) is 1.91. The number of fused-ring (bicyclic) bond motifs is 2. The van der Waals surface area contributed by atoms with Crippen LogP contribution in [-0.4, -0.2) is 29.5 Å². The molecule has 30 heavy (non-hydrogen) atoms. The number of para-hydroxylation sites is 2. The van der Waals surface area contributed by atoms with Gasteiger partial charge in [-0.05, 0) is 37.3 Å². The van der Waals surface area contributed by atoms with Gasteiger partial charge in [0.2, 0.25) is 5.16 Å². The van der Waals surface area contributed by atoms with Gasteiger partial charge in [0.1, 0.15) is 11.6 Å². The molecular weight excluding hydrogens is 441 g/mol. The van der Waals surface area contributed by atoms with E-state index in [4.69, 9.17) is 23.2 Å². The lowest BCUT2D eigenvalue weighted by molar-refractivity contribution is 0.881. The predicted molar refractivity (Wildman–Crippen MR) is 121 cm³/mol. The number of aromatic nitrogens is 6. The van der Waals surface area contributed by atoms with Gasteiger partial charge in [-0.3, -0.25) is 0 Å². The molecule has 3 aromatic heterocycles. The van der Waals surface area contributed by atoms with Crippen LogP contribution < -0.4 is 5.32 Å². The molecule has 0 aliphatic carbocycles. The minimum Gasteiger partial charge on any atom is -0.341 e. The third-order valence-electron chi connectivity index (χ3n) is 4.39. The normalized spacial score (nSPS) is 11.4. The van der Waals surface area contributed by atoms with Crippen LogP contribution in [0.5, 0.6) is 0 Å². The number of nitrogens with zero attached hydrogens (tertiary/aromatic N) is 5. The van der Waals surface area contributed by atoms with Gasteiger partial charge in [0.15, 0.2) is 0 Å². The lowest BCUT2D eigenvalue weighted by Crippen LogP contribution is -2.03. The van der Waals surface area contributed by atoms with E-state index in [0.717, 1.165) is 28.2 Å². The van der Waals surface area contributed by atoms with Crippen molar-refractivity contribution in [3.05, 3.63) is 70.1 Å². The zero-order valence-electron chi connectivity index (χ0n) is 15.7. The average Bonchev–Trinajstić information content (AvgIpc) is 3.31. The molecule has 0 fully saturated rings. The van der Waals surface area contributed by atoms with Gasteiger partial charge in [-0.1, -0.05) is 47.1 Å². The molecule has 0 bridgehead atoms. The Balaban J connectivity index is 1.42. The molecule has 0 spiro atoms. The first-order chi connectivity index (χ1) is 14.5. The minimum absolute atomic E-state index is 0.509. The van der Waals surface area contributed by atoms with Crippen molar-refractivity contribution in [3.63, 3.8) is 0 Å². The molecule has 0 amide bonds. The fraction of sp³-hybridized carbons (Fsp3) is 0.100. The second kappa shape index (κ2) is 7.79. The topological polar surface area (TPSA) is 83.8 Å². The highest BCUT2D eigenvalue weighted by Crippen LogP contribution is 2.29.